The minimum atomic E-state index is -0.00342. The maximum Gasteiger partial charge on any atom is 0.221 e. The molecule has 0 bridgehead atoms. The Kier molecular flexibility index (Phi) is 7.48. The first-order valence-corrected chi connectivity index (χ1v) is 6.88. The van der Waals surface area contributed by atoms with Crippen LogP contribution in [0.5, 0.6) is 0 Å². The molecule has 19 heavy (non-hydrogen) atoms. The van der Waals surface area contributed by atoms with Crippen molar-refractivity contribution >= 4 is 17.5 Å². The highest BCUT2D eigenvalue weighted by Gasteiger charge is 2.07. The van der Waals surface area contributed by atoms with Gasteiger partial charge < -0.3 is 15.3 Å². The van der Waals surface area contributed by atoms with Gasteiger partial charge in [0.25, 0.3) is 0 Å². The molecule has 0 aliphatic heterocycles. The molecule has 0 saturated heterocycles. The smallest absolute Gasteiger partial charge is 0.221 e. The van der Waals surface area contributed by atoms with Crippen LogP contribution in [-0.2, 0) is 11.3 Å². The highest BCUT2D eigenvalue weighted by molar-refractivity contribution is 6.31. The largest absolute Gasteiger partial charge is 0.395 e. The number of carbonyl (C=O) groups excluding carboxylic acids is 1. The summed E-state index contributed by atoms with van der Waals surface area (Å²) >= 11 is 6.01. The van der Waals surface area contributed by atoms with Gasteiger partial charge in [0.2, 0.25) is 5.91 Å². The first kappa shape index (κ1) is 16.0. The first-order valence-electron chi connectivity index (χ1n) is 6.50. The van der Waals surface area contributed by atoms with Gasteiger partial charge in [-0.15, -0.1) is 0 Å². The van der Waals surface area contributed by atoms with Gasteiger partial charge in [0.15, 0.2) is 0 Å². The molecule has 4 nitrogen and oxygen atoms in total. The molecular formula is C14H21ClN2O2. The van der Waals surface area contributed by atoms with E-state index >= 15 is 0 Å². The van der Waals surface area contributed by atoms with Crippen LogP contribution in [0.15, 0.2) is 24.3 Å². The number of nitrogens with one attached hydrogen (secondary N) is 1. The topological polar surface area (TPSA) is 52.6 Å². The summed E-state index contributed by atoms with van der Waals surface area (Å²) in [5.41, 5.74) is 0.917. The van der Waals surface area contributed by atoms with Gasteiger partial charge in [0.1, 0.15) is 0 Å². The molecule has 1 rings (SSSR count). The molecule has 0 aromatic heterocycles. The van der Waals surface area contributed by atoms with Gasteiger partial charge in [-0.2, -0.15) is 0 Å². The van der Waals surface area contributed by atoms with Gasteiger partial charge >= 0.3 is 0 Å². The average Bonchev–Trinajstić information content (AvgIpc) is 2.42. The van der Waals surface area contributed by atoms with Gasteiger partial charge in [0.05, 0.1) is 6.61 Å². The van der Waals surface area contributed by atoms with Crippen LogP contribution in [0.2, 0.25) is 5.02 Å². The molecule has 2 N–H and O–H groups in total. The van der Waals surface area contributed by atoms with Crippen molar-refractivity contribution in [1.29, 1.82) is 0 Å². The standard InChI is InChI=1S/C14H21ClN2O2/c1-2-17(9-10-18)8-7-14(19)16-11-12-5-3-4-6-13(12)15/h3-6,18H,2,7-11H2,1H3,(H,16,19). The van der Waals surface area contributed by atoms with Crippen molar-refractivity contribution < 1.29 is 9.90 Å². The van der Waals surface area contributed by atoms with Crippen LogP contribution in [0, 0.1) is 0 Å². The van der Waals surface area contributed by atoms with Crippen LogP contribution in [0.3, 0.4) is 0 Å². The van der Waals surface area contributed by atoms with Crippen molar-refractivity contribution in [2.75, 3.05) is 26.2 Å². The van der Waals surface area contributed by atoms with E-state index in [1.165, 1.54) is 0 Å². The van der Waals surface area contributed by atoms with Crippen molar-refractivity contribution in [2.45, 2.75) is 19.9 Å². The Morgan fingerprint density at radius 3 is 2.74 bits per heavy atom. The number of likely N-dealkylation sites (N-methyl/N-ethyl adjacent to an activating group) is 1. The van der Waals surface area contributed by atoms with E-state index in [2.05, 4.69) is 5.32 Å². The molecule has 0 fully saturated rings. The molecule has 0 radical (unpaired) electrons. The molecule has 5 heteroatoms. The zero-order valence-corrected chi connectivity index (χ0v) is 12.0. The predicted octanol–water partition coefficient (Wildman–Crippen LogP) is 1.66. The van der Waals surface area contributed by atoms with E-state index in [1.54, 1.807) is 0 Å². The number of hydrogen-bond donors (Lipinski definition) is 2. The average molecular weight is 285 g/mol. The van der Waals surface area contributed by atoms with Crippen molar-refractivity contribution in [3.63, 3.8) is 0 Å². The zero-order chi connectivity index (χ0) is 14.1. The summed E-state index contributed by atoms with van der Waals surface area (Å²) in [6, 6.07) is 7.46. The van der Waals surface area contributed by atoms with Crippen molar-refractivity contribution in [2.24, 2.45) is 0 Å². The molecule has 0 atom stereocenters. The third kappa shape index (κ3) is 6.05. The minimum absolute atomic E-state index is 0.00342. The van der Waals surface area contributed by atoms with Crippen LogP contribution in [0.25, 0.3) is 0 Å². The number of rotatable bonds is 8. The summed E-state index contributed by atoms with van der Waals surface area (Å²) in [5, 5.41) is 12.4. The van der Waals surface area contributed by atoms with Crippen molar-refractivity contribution in [3.05, 3.63) is 34.9 Å². The lowest BCUT2D eigenvalue weighted by Crippen LogP contribution is -2.32. The monoisotopic (exact) mass is 284 g/mol. The highest BCUT2D eigenvalue weighted by Crippen LogP contribution is 2.14. The molecular weight excluding hydrogens is 264 g/mol. The van der Waals surface area contributed by atoms with Crippen molar-refractivity contribution in [3.8, 4) is 0 Å². The third-order valence-corrected chi connectivity index (χ3v) is 3.32. The second-order valence-electron chi connectivity index (χ2n) is 4.28. The fourth-order valence-corrected chi connectivity index (χ4v) is 1.96. The number of hydrogen-bond acceptors (Lipinski definition) is 3. The van der Waals surface area contributed by atoms with E-state index < -0.39 is 0 Å². The number of aliphatic hydroxyl groups is 1. The number of aliphatic hydroxyl groups excluding tert-OH is 1. The SMILES string of the molecule is CCN(CCO)CCC(=O)NCc1ccccc1Cl. The normalized spacial score (nSPS) is 10.7. The molecule has 0 aliphatic rings. The molecule has 1 aromatic carbocycles. The number of carbonyl (C=O) groups is 1. The summed E-state index contributed by atoms with van der Waals surface area (Å²) in [7, 11) is 0. The van der Waals surface area contributed by atoms with E-state index in [0.717, 1.165) is 12.1 Å². The molecule has 1 aromatic rings. The van der Waals surface area contributed by atoms with Crippen LogP contribution in [0.4, 0.5) is 0 Å². The second-order valence-corrected chi connectivity index (χ2v) is 4.68. The van der Waals surface area contributed by atoms with Crippen LogP contribution in [0.1, 0.15) is 18.9 Å². The summed E-state index contributed by atoms with van der Waals surface area (Å²) < 4.78 is 0. The van der Waals surface area contributed by atoms with Crippen LogP contribution < -0.4 is 5.32 Å². The van der Waals surface area contributed by atoms with Gasteiger partial charge in [-0.25, -0.2) is 0 Å². The van der Waals surface area contributed by atoms with E-state index in [4.69, 9.17) is 16.7 Å². The maximum atomic E-state index is 11.7. The summed E-state index contributed by atoms with van der Waals surface area (Å²) in [6.45, 7) is 4.68. The maximum absolute atomic E-state index is 11.7. The van der Waals surface area contributed by atoms with E-state index in [-0.39, 0.29) is 12.5 Å². The van der Waals surface area contributed by atoms with Gasteiger partial charge in [-0.3, -0.25) is 4.79 Å². The Balaban J connectivity index is 2.30. The molecule has 0 unspecified atom stereocenters. The number of nitrogens with zero attached hydrogens (tertiary/aromatic N) is 1. The third-order valence-electron chi connectivity index (χ3n) is 2.95. The fourth-order valence-electron chi connectivity index (χ4n) is 1.75. The predicted molar refractivity (Wildman–Crippen MR) is 77.1 cm³/mol. The molecule has 1 amide bonds. The molecule has 0 aliphatic carbocycles. The number of benzene rings is 1. The van der Waals surface area contributed by atoms with Crippen molar-refractivity contribution in [1.82, 2.24) is 10.2 Å². The van der Waals surface area contributed by atoms with Crippen LogP contribution in [-0.4, -0.2) is 42.2 Å². The Morgan fingerprint density at radius 2 is 2.11 bits per heavy atom. The second kappa shape index (κ2) is 8.91. The Bertz CT molecular complexity index is 399. The summed E-state index contributed by atoms with van der Waals surface area (Å²) in [4.78, 5) is 13.7. The highest BCUT2D eigenvalue weighted by atomic mass is 35.5. The Labute approximate surface area is 119 Å². The quantitative estimate of drug-likeness (QED) is 0.763. The zero-order valence-electron chi connectivity index (χ0n) is 11.2. The lowest BCUT2D eigenvalue weighted by atomic mass is 10.2. The van der Waals surface area contributed by atoms with E-state index in [1.807, 2.05) is 36.1 Å². The minimum Gasteiger partial charge on any atom is -0.395 e. The number of amides is 1. The molecule has 106 valence electrons. The number of halogens is 1. The lowest BCUT2D eigenvalue weighted by Gasteiger charge is -2.18. The molecule has 0 spiro atoms. The lowest BCUT2D eigenvalue weighted by molar-refractivity contribution is -0.121. The summed E-state index contributed by atoms with van der Waals surface area (Å²) in [5.74, 6) is -0.00342. The molecule has 0 heterocycles. The first-order chi connectivity index (χ1) is 9.17. The Hall–Kier alpha value is -1.10. The summed E-state index contributed by atoms with van der Waals surface area (Å²) in [6.07, 6.45) is 0.429. The fraction of sp³-hybridized carbons (Fsp3) is 0.500. The Morgan fingerprint density at radius 1 is 1.37 bits per heavy atom. The molecule has 0 saturated carbocycles. The van der Waals surface area contributed by atoms with Gasteiger partial charge in [0, 0.05) is 31.1 Å². The van der Waals surface area contributed by atoms with Gasteiger partial charge in [-0.1, -0.05) is 36.7 Å². The van der Waals surface area contributed by atoms with E-state index in [0.29, 0.717) is 31.1 Å². The van der Waals surface area contributed by atoms with Crippen LogP contribution >= 0.6 is 11.6 Å². The van der Waals surface area contributed by atoms with E-state index in [9.17, 15) is 4.79 Å². The van der Waals surface area contributed by atoms with Gasteiger partial charge in [-0.05, 0) is 18.2 Å².